The van der Waals surface area contributed by atoms with Crippen LogP contribution in [0.3, 0.4) is 0 Å². The zero-order valence-corrected chi connectivity index (χ0v) is 15.7. The van der Waals surface area contributed by atoms with Crippen LogP contribution in [0, 0.1) is 0 Å². The molecule has 0 aromatic heterocycles. The molecule has 2 N–H and O–H groups in total. The molecule has 0 aliphatic heterocycles. The lowest BCUT2D eigenvalue weighted by molar-refractivity contribution is 0.282. The minimum Gasteiger partial charge on any atom is -0.497 e. The van der Waals surface area contributed by atoms with Gasteiger partial charge in [0.1, 0.15) is 5.75 Å². The Bertz CT molecular complexity index is 546. The van der Waals surface area contributed by atoms with E-state index in [2.05, 4.69) is 27.4 Å². The molecule has 0 heterocycles. The van der Waals surface area contributed by atoms with E-state index < -0.39 is 0 Å². The maximum Gasteiger partial charge on any atom is 0.191 e. The third kappa shape index (κ3) is 5.87. The van der Waals surface area contributed by atoms with Gasteiger partial charge in [-0.1, -0.05) is 24.6 Å². The average molecular weight is 353 g/mol. The summed E-state index contributed by atoms with van der Waals surface area (Å²) < 4.78 is 5.17. The van der Waals surface area contributed by atoms with Crippen LogP contribution in [0.5, 0.6) is 5.75 Å². The highest BCUT2D eigenvalue weighted by molar-refractivity contribution is 6.31. The SMILES string of the molecule is CCN(CCNC(=NC)NCCc1ccc(OC)cc1Cl)C1CC1. The first kappa shape index (κ1) is 18.9. The lowest BCUT2D eigenvalue weighted by atomic mass is 10.1. The van der Waals surface area contributed by atoms with Crippen LogP contribution >= 0.6 is 11.6 Å². The van der Waals surface area contributed by atoms with Crippen LogP contribution in [0.2, 0.25) is 5.02 Å². The van der Waals surface area contributed by atoms with Crippen LogP contribution in [0.1, 0.15) is 25.3 Å². The zero-order chi connectivity index (χ0) is 17.4. The Balaban J connectivity index is 1.69. The van der Waals surface area contributed by atoms with Gasteiger partial charge in [-0.25, -0.2) is 0 Å². The molecule has 1 aliphatic rings. The summed E-state index contributed by atoms with van der Waals surface area (Å²) in [4.78, 5) is 6.80. The van der Waals surface area contributed by atoms with Crippen molar-refractivity contribution in [3.63, 3.8) is 0 Å². The van der Waals surface area contributed by atoms with Crippen molar-refractivity contribution in [2.45, 2.75) is 32.2 Å². The summed E-state index contributed by atoms with van der Waals surface area (Å²) in [5.41, 5.74) is 1.10. The Kier molecular flexibility index (Phi) is 7.66. The third-order valence-corrected chi connectivity index (χ3v) is 4.68. The van der Waals surface area contributed by atoms with Gasteiger partial charge in [0.25, 0.3) is 0 Å². The van der Waals surface area contributed by atoms with Gasteiger partial charge in [-0.15, -0.1) is 0 Å². The van der Waals surface area contributed by atoms with Crippen molar-refractivity contribution < 1.29 is 4.74 Å². The fraction of sp³-hybridized carbons (Fsp3) is 0.611. The Morgan fingerprint density at radius 1 is 1.33 bits per heavy atom. The van der Waals surface area contributed by atoms with Crippen LogP contribution in [0.15, 0.2) is 23.2 Å². The highest BCUT2D eigenvalue weighted by Crippen LogP contribution is 2.25. The Morgan fingerprint density at radius 3 is 2.67 bits per heavy atom. The molecule has 1 aromatic carbocycles. The quantitative estimate of drug-likeness (QED) is 0.529. The first-order valence-corrected chi connectivity index (χ1v) is 9.06. The van der Waals surface area contributed by atoms with Gasteiger partial charge in [0.15, 0.2) is 5.96 Å². The van der Waals surface area contributed by atoms with Crippen molar-refractivity contribution in [3.8, 4) is 5.75 Å². The maximum absolute atomic E-state index is 6.27. The molecular weight excluding hydrogens is 324 g/mol. The van der Waals surface area contributed by atoms with Gasteiger partial charge in [0, 0.05) is 37.7 Å². The number of nitrogens with zero attached hydrogens (tertiary/aromatic N) is 2. The molecule has 0 bridgehead atoms. The van der Waals surface area contributed by atoms with Crippen LogP contribution in [-0.2, 0) is 6.42 Å². The summed E-state index contributed by atoms with van der Waals surface area (Å²) in [6.45, 7) is 6.10. The maximum atomic E-state index is 6.27. The van der Waals surface area contributed by atoms with Crippen molar-refractivity contribution in [1.82, 2.24) is 15.5 Å². The van der Waals surface area contributed by atoms with E-state index in [4.69, 9.17) is 16.3 Å². The average Bonchev–Trinajstić information content (AvgIpc) is 3.43. The molecule has 0 unspecified atom stereocenters. The van der Waals surface area contributed by atoms with E-state index >= 15 is 0 Å². The number of rotatable bonds is 9. The molecule has 134 valence electrons. The van der Waals surface area contributed by atoms with Crippen molar-refractivity contribution in [2.75, 3.05) is 40.3 Å². The fourth-order valence-corrected chi connectivity index (χ4v) is 3.02. The largest absolute Gasteiger partial charge is 0.497 e. The summed E-state index contributed by atoms with van der Waals surface area (Å²) in [5.74, 6) is 1.62. The van der Waals surface area contributed by atoms with E-state index in [-0.39, 0.29) is 0 Å². The van der Waals surface area contributed by atoms with E-state index in [1.807, 2.05) is 18.2 Å². The molecule has 0 atom stereocenters. The van der Waals surface area contributed by atoms with Gasteiger partial charge < -0.3 is 15.4 Å². The van der Waals surface area contributed by atoms with Crippen molar-refractivity contribution in [3.05, 3.63) is 28.8 Å². The number of methoxy groups -OCH3 is 1. The Hall–Kier alpha value is -1.46. The van der Waals surface area contributed by atoms with Gasteiger partial charge in [0.05, 0.1) is 7.11 Å². The van der Waals surface area contributed by atoms with Crippen molar-refractivity contribution >= 4 is 17.6 Å². The number of ether oxygens (including phenoxy) is 1. The summed E-state index contributed by atoms with van der Waals surface area (Å²) in [6, 6.07) is 6.60. The second kappa shape index (κ2) is 9.74. The van der Waals surface area contributed by atoms with E-state index in [0.717, 1.165) is 60.9 Å². The molecule has 0 amide bonds. The molecule has 1 aliphatic carbocycles. The van der Waals surface area contributed by atoms with E-state index in [0.29, 0.717) is 0 Å². The van der Waals surface area contributed by atoms with Crippen LogP contribution in [0.25, 0.3) is 0 Å². The molecule has 5 nitrogen and oxygen atoms in total. The first-order valence-electron chi connectivity index (χ1n) is 8.69. The smallest absolute Gasteiger partial charge is 0.191 e. The van der Waals surface area contributed by atoms with Gasteiger partial charge in [-0.2, -0.15) is 0 Å². The molecule has 2 rings (SSSR count). The molecule has 0 spiro atoms. The van der Waals surface area contributed by atoms with Gasteiger partial charge in [0.2, 0.25) is 0 Å². The summed E-state index contributed by atoms with van der Waals surface area (Å²) >= 11 is 6.27. The molecule has 1 fully saturated rings. The molecule has 1 saturated carbocycles. The molecule has 0 saturated heterocycles. The number of likely N-dealkylation sites (N-methyl/N-ethyl adjacent to an activating group) is 1. The topological polar surface area (TPSA) is 48.9 Å². The molecule has 1 aromatic rings. The van der Waals surface area contributed by atoms with E-state index in [1.54, 1.807) is 14.2 Å². The molecule has 0 radical (unpaired) electrons. The second-order valence-corrected chi connectivity index (χ2v) is 6.40. The summed E-state index contributed by atoms with van der Waals surface area (Å²) in [5, 5.41) is 7.46. The van der Waals surface area contributed by atoms with Crippen LogP contribution in [-0.4, -0.2) is 57.2 Å². The normalized spacial score (nSPS) is 14.8. The fourth-order valence-electron chi connectivity index (χ4n) is 2.75. The monoisotopic (exact) mass is 352 g/mol. The number of hydrogen-bond acceptors (Lipinski definition) is 3. The Labute approximate surface area is 150 Å². The minimum absolute atomic E-state index is 0.738. The van der Waals surface area contributed by atoms with Crippen LogP contribution in [0.4, 0.5) is 0 Å². The predicted octanol–water partition coefficient (Wildman–Crippen LogP) is 2.54. The predicted molar refractivity (Wildman–Crippen MR) is 101 cm³/mol. The number of aliphatic imine (C=N–C) groups is 1. The summed E-state index contributed by atoms with van der Waals surface area (Å²) in [6.07, 6.45) is 3.54. The van der Waals surface area contributed by atoms with E-state index in [9.17, 15) is 0 Å². The van der Waals surface area contributed by atoms with E-state index in [1.165, 1.54) is 12.8 Å². The lowest BCUT2D eigenvalue weighted by Crippen LogP contribution is -2.42. The lowest BCUT2D eigenvalue weighted by Gasteiger charge is -2.20. The Morgan fingerprint density at radius 2 is 2.08 bits per heavy atom. The third-order valence-electron chi connectivity index (χ3n) is 4.33. The number of benzene rings is 1. The molecule has 24 heavy (non-hydrogen) atoms. The number of guanidine groups is 1. The van der Waals surface area contributed by atoms with Gasteiger partial charge in [-0.05, 0) is 43.5 Å². The standard InChI is InChI=1S/C18H29ClN4O/c1-4-23(15-6-7-15)12-11-22-18(20-2)21-10-9-14-5-8-16(24-3)13-17(14)19/h5,8,13,15H,4,6-7,9-12H2,1-3H3,(H2,20,21,22). The second-order valence-electron chi connectivity index (χ2n) is 5.99. The number of nitrogens with one attached hydrogen (secondary N) is 2. The first-order chi connectivity index (χ1) is 11.7. The van der Waals surface area contributed by atoms with Crippen LogP contribution < -0.4 is 15.4 Å². The van der Waals surface area contributed by atoms with Crippen molar-refractivity contribution in [2.24, 2.45) is 4.99 Å². The molecule has 6 heteroatoms. The highest BCUT2D eigenvalue weighted by atomic mass is 35.5. The highest BCUT2D eigenvalue weighted by Gasteiger charge is 2.27. The minimum atomic E-state index is 0.738. The summed E-state index contributed by atoms with van der Waals surface area (Å²) in [7, 11) is 3.44. The zero-order valence-electron chi connectivity index (χ0n) is 14.9. The number of hydrogen-bond donors (Lipinski definition) is 2. The molecular formula is C18H29ClN4O. The number of halogens is 1. The van der Waals surface area contributed by atoms with Gasteiger partial charge in [-0.3, -0.25) is 9.89 Å². The van der Waals surface area contributed by atoms with Crippen molar-refractivity contribution in [1.29, 1.82) is 0 Å². The van der Waals surface area contributed by atoms with Gasteiger partial charge >= 0.3 is 0 Å².